The standard InChI is InChI=1S/C30H26F2N2O3/c31-23-13-12-22(28(32)17-23)19-34-30(37)27-8-4-3-7-26(27)25-6-2-1-5-21(25)18-33-29(36)16-11-20-9-14-24(35)15-10-20/h1-10,12-15,17,35H,11,16,18-19H2,(H,33,36)(H,34,37). The molecule has 0 aliphatic heterocycles. The third-order valence-electron chi connectivity index (χ3n) is 5.99. The van der Waals surface area contributed by atoms with Crippen LogP contribution in [0.4, 0.5) is 8.78 Å². The van der Waals surface area contributed by atoms with Crippen LogP contribution in [-0.4, -0.2) is 16.9 Å². The van der Waals surface area contributed by atoms with E-state index in [0.29, 0.717) is 24.0 Å². The van der Waals surface area contributed by atoms with Gasteiger partial charge in [-0.1, -0.05) is 60.7 Å². The zero-order chi connectivity index (χ0) is 26.2. The highest BCUT2D eigenvalue weighted by Gasteiger charge is 2.16. The van der Waals surface area contributed by atoms with Crippen molar-refractivity contribution in [2.24, 2.45) is 0 Å². The number of phenolic OH excluding ortho intramolecular Hbond substituents is 1. The van der Waals surface area contributed by atoms with E-state index in [1.54, 1.807) is 36.4 Å². The summed E-state index contributed by atoms with van der Waals surface area (Å²) in [6.45, 7) is 0.194. The molecule has 0 saturated carbocycles. The molecule has 0 atom stereocenters. The first-order chi connectivity index (χ1) is 17.9. The molecular weight excluding hydrogens is 474 g/mol. The normalized spacial score (nSPS) is 10.6. The van der Waals surface area contributed by atoms with Crippen molar-refractivity contribution >= 4 is 11.8 Å². The Balaban J connectivity index is 1.44. The molecule has 7 heteroatoms. The van der Waals surface area contributed by atoms with Crippen molar-refractivity contribution in [1.29, 1.82) is 0 Å². The maximum absolute atomic E-state index is 14.0. The molecule has 0 aliphatic carbocycles. The van der Waals surface area contributed by atoms with Gasteiger partial charge in [-0.15, -0.1) is 0 Å². The van der Waals surface area contributed by atoms with Gasteiger partial charge in [0.25, 0.3) is 5.91 Å². The molecule has 5 nitrogen and oxygen atoms in total. The molecule has 188 valence electrons. The van der Waals surface area contributed by atoms with Crippen LogP contribution in [0.25, 0.3) is 11.1 Å². The monoisotopic (exact) mass is 500 g/mol. The third kappa shape index (κ3) is 6.79. The first-order valence-corrected chi connectivity index (χ1v) is 11.8. The van der Waals surface area contributed by atoms with Crippen LogP contribution < -0.4 is 10.6 Å². The summed E-state index contributed by atoms with van der Waals surface area (Å²) >= 11 is 0. The van der Waals surface area contributed by atoms with Gasteiger partial charge in [-0.2, -0.15) is 0 Å². The van der Waals surface area contributed by atoms with Gasteiger partial charge in [0.05, 0.1) is 0 Å². The van der Waals surface area contributed by atoms with Crippen LogP contribution in [0.3, 0.4) is 0 Å². The average Bonchev–Trinajstić information content (AvgIpc) is 2.91. The number of halogens is 2. The van der Waals surface area contributed by atoms with Crippen molar-refractivity contribution in [3.05, 3.63) is 125 Å². The molecule has 0 heterocycles. The van der Waals surface area contributed by atoms with Crippen molar-refractivity contribution < 1.29 is 23.5 Å². The predicted octanol–water partition coefficient (Wildman–Crippen LogP) is 5.52. The van der Waals surface area contributed by atoms with E-state index in [0.717, 1.165) is 28.8 Å². The lowest BCUT2D eigenvalue weighted by Gasteiger charge is -2.15. The number of carbonyl (C=O) groups is 2. The lowest BCUT2D eigenvalue weighted by Crippen LogP contribution is -2.25. The molecule has 0 radical (unpaired) electrons. The van der Waals surface area contributed by atoms with Gasteiger partial charge in [0, 0.05) is 36.7 Å². The lowest BCUT2D eigenvalue weighted by atomic mass is 9.94. The Morgan fingerprint density at radius 3 is 2.16 bits per heavy atom. The molecule has 2 amide bonds. The number of hydrogen-bond acceptors (Lipinski definition) is 3. The van der Waals surface area contributed by atoms with Gasteiger partial charge in [-0.25, -0.2) is 8.78 Å². The Bertz CT molecular complexity index is 1400. The molecule has 4 aromatic rings. The topological polar surface area (TPSA) is 78.4 Å². The van der Waals surface area contributed by atoms with Crippen molar-refractivity contribution in [1.82, 2.24) is 10.6 Å². The second-order valence-corrected chi connectivity index (χ2v) is 8.56. The van der Waals surface area contributed by atoms with E-state index in [9.17, 15) is 23.5 Å². The maximum Gasteiger partial charge on any atom is 0.252 e. The van der Waals surface area contributed by atoms with E-state index in [2.05, 4.69) is 10.6 Å². The molecule has 0 bridgehead atoms. The zero-order valence-electron chi connectivity index (χ0n) is 20.0. The third-order valence-corrected chi connectivity index (χ3v) is 5.99. The smallest absolute Gasteiger partial charge is 0.252 e. The summed E-state index contributed by atoms with van der Waals surface area (Å²) in [6.07, 6.45) is 0.845. The van der Waals surface area contributed by atoms with E-state index in [1.165, 1.54) is 6.07 Å². The molecule has 0 fully saturated rings. The number of carbonyl (C=O) groups excluding carboxylic acids is 2. The highest BCUT2D eigenvalue weighted by molar-refractivity contribution is 6.01. The number of hydrogen-bond donors (Lipinski definition) is 3. The van der Waals surface area contributed by atoms with Crippen LogP contribution in [0.5, 0.6) is 5.75 Å². The van der Waals surface area contributed by atoms with Crippen molar-refractivity contribution in [2.75, 3.05) is 0 Å². The molecule has 3 N–H and O–H groups in total. The Morgan fingerprint density at radius 2 is 1.41 bits per heavy atom. The highest BCUT2D eigenvalue weighted by Crippen LogP contribution is 2.27. The van der Waals surface area contributed by atoms with Gasteiger partial charge in [-0.3, -0.25) is 9.59 Å². The van der Waals surface area contributed by atoms with Crippen molar-refractivity contribution in [2.45, 2.75) is 25.9 Å². The number of phenols is 1. The lowest BCUT2D eigenvalue weighted by molar-refractivity contribution is -0.121. The number of aromatic hydroxyl groups is 1. The van der Waals surface area contributed by atoms with Gasteiger partial charge < -0.3 is 15.7 Å². The molecule has 37 heavy (non-hydrogen) atoms. The van der Waals surface area contributed by atoms with Crippen LogP contribution in [0.1, 0.15) is 33.5 Å². The van der Waals surface area contributed by atoms with Crippen LogP contribution in [0.2, 0.25) is 0 Å². The molecule has 0 aromatic heterocycles. The second-order valence-electron chi connectivity index (χ2n) is 8.56. The fourth-order valence-electron chi connectivity index (χ4n) is 3.99. The molecule has 0 unspecified atom stereocenters. The van der Waals surface area contributed by atoms with Crippen LogP contribution in [-0.2, 0) is 24.3 Å². The largest absolute Gasteiger partial charge is 0.508 e. The first-order valence-electron chi connectivity index (χ1n) is 11.8. The van der Waals surface area contributed by atoms with E-state index in [-0.39, 0.29) is 30.3 Å². The Kier molecular flexibility index (Phi) is 8.26. The number of benzene rings is 4. The molecule has 0 aliphatic rings. The van der Waals surface area contributed by atoms with Crippen LogP contribution in [0, 0.1) is 11.6 Å². The van der Waals surface area contributed by atoms with Crippen LogP contribution in [0.15, 0.2) is 91.0 Å². The van der Waals surface area contributed by atoms with Gasteiger partial charge in [0.1, 0.15) is 17.4 Å². The van der Waals surface area contributed by atoms with Crippen molar-refractivity contribution in [3.8, 4) is 16.9 Å². The predicted molar refractivity (Wildman–Crippen MR) is 138 cm³/mol. The Labute approximate surface area is 213 Å². The number of nitrogens with one attached hydrogen (secondary N) is 2. The second kappa shape index (κ2) is 11.9. The van der Waals surface area contributed by atoms with Crippen molar-refractivity contribution in [3.63, 3.8) is 0 Å². The number of aryl methyl sites for hydroxylation is 1. The minimum absolute atomic E-state index is 0.0853. The fraction of sp³-hybridized carbons (Fsp3) is 0.133. The Hall–Kier alpha value is -4.52. The van der Waals surface area contributed by atoms with E-state index in [1.807, 2.05) is 36.4 Å². The fourth-order valence-corrected chi connectivity index (χ4v) is 3.99. The minimum Gasteiger partial charge on any atom is -0.508 e. The SMILES string of the molecule is O=C(CCc1ccc(O)cc1)NCc1ccccc1-c1ccccc1C(=O)NCc1ccc(F)cc1F. The molecule has 0 saturated heterocycles. The maximum atomic E-state index is 14.0. The minimum atomic E-state index is -0.722. The molecule has 4 aromatic carbocycles. The Morgan fingerprint density at radius 1 is 0.730 bits per heavy atom. The summed E-state index contributed by atoms with van der Waals surface area (Å²) in [5, 5.41) is 15.0. The van der Waals surface area contributed by atoms with E-state index in [4.69, 9.17) is 0 Å². The summed E-state index contributed by atoms with van der Waals surface area (Å²) in [5.74, 6) is -1.73. The average molecular weight is 501 g/mol. The summed E-state index contributed by atoms with van der Waals surface area (Å²) < 4.78 is 27.2. The van der Waals surface area contributed by atoms with Crippen LogP contribution >= 0.6 is 0 Å². The van der Waals surface area contributed by atoms with Gasteiger partial charge >= 0.3 is 0 Å². The number of rotatable bonds is 9. The molecule has 4 rings (SSSR count). The summed E-state index contributed by atoms with van der Waals surface area (Å²) in [6, 6.07) is 24.5. The summed E-state index contributed by atoms with van der Waals surface area (Å²) in [5.41, 5.74) is 3.84. The highest BCUT2D eigenvalue weighted by atomic mass is 19.1. The van der Waals surface area contributed by atoms with Gasteiger partial charge in [-0.05, 0) is 52.9 Å². The molecule has 0 spiro atoms. The van der Waals surface area contributed by atoms with E-state index < -0.39 is 17.5 Å². The van der Waals surface area contributed by atoms with Gasteiger partial charge in [0.2, 0.25) is 5.91 Å². The summed E-state index contributed by atoms with van der Waals surface area (Å²) in [4.78, 5) is 25.5. The summed E-state index contributed by atoms with van der Waals surface area (Å²) in [7, 11) is 0. The quantitative estimate of drug-likeness (QED) is 0.283. The number of amides is 2. The van der Waals surface area contributed by atoms with E-state index >= 15 is 0 Å². The zero-order valence-corrected chi connectivity index (χ0v) is 20.0. The van der Waals surface area contributed by atoms with Gasteiger partial charge in [0.15, 0.2) is 0 Å². The molecular formula is C30H26F2N2O3. The first kappa shape index (κ1) is 25.6.